The Morgan fingerprint density at radius 2 is 2.12 bits per heavy atom. The molecule has 0 aromatic carbocycles. The number of aromatic nitrogens is 3. The third kappa shape index (κ3) is 3.18. The van der Waals surface area contributed by atoms with Crippen molar-refractivity contribution in [3.63, 3.8) is 0 Å². The van der Waals surface area contributed by atoms with E-state index >= 15 is 0 Å². The van der Waals surface area contributed by atoms with E-state index in [1.54, 1.807) is 6.20 Å². The van der Waals surface area contributed by atoms with Crippen LogP contribution in [0.2, 0.25) is 0 Å². The summed E-state index contributed by atoms with van der Waals surface area (Å²) in [7, 11) is 4.15. The minimum Gasteiger partial charge on any atom is -0.355 e. The minimum atomic E-state index is 0.0387. The molecule has 0 unspecified atom stereocenters. The summed E-state index contributed by atoms with van der Waals surface area (Å²) in [5.74, 6) is 1.02. The van der Waals surface area contributed by atoms with Crippen molar-refractivity contribution in [1.29, 1.82) is 0 Å². The van der Waals surface area contributed by atoms with E-state index in [-0.39, 0.29) is 5.56 Å². The van der Waals surface area contributed by atoms with E-state index in [2.05, 4.69) is 28.0 Å². The molecule has 1 saturated carbocycles. The monoisotopic (exact) mass is 339 g/mol. The summed E-state index contributed by atoms with van der Waals surface area (Å²) in [5.41, 5.74) is 1.29. The average Bonchev–Trinajstić information content (AvgIpc) is 3.40. The van der Waals surface area contributed by atoms with Gasteiger partial charge in [0, 0.05) is 50.5 Å². The second-order valence-corrected chi connectivity index (χ2v) is 7.34. The number of hydrogen-bond acceptors (Lipinski definition) is 5. The second-order valence-electron chi connectivity index (χ2n) is 7.34. The second kappa shape index (κ2) is 6.59. The van der Waals surface area contributed by atoms with Gasteiger partial charge >= 0.3 is 0 Å². The molecule has 0 N–H and O–H groups in total. The zero-order valence-electron chi connectivity index (χ0n) is 14.9. The van der Waals surface area contributed by atoms with E-state index < -0.39 is 0 Å². The lowest BCUT2D eigenvalue weighted by atomic mass is 9.94. The SMILES string of the molecule is CN(C[C@@H]1CCN(C)[C@H]1c1cccnc1)c1nccn(C2CC2)c1=O. The first-order valence-corrected chi connectivity index (χ1v) is 9.03. The lowest BCUT2D eigenvalue weighted by molar-refractivity contribution is 0.277. The van der Waals surface area contributed by atoms with E-state index in [1.807, 2.05) is 41.2 Å². The molecule has 2 fully saturated rings. The first-order chi connectivity index (χ1) is 12.1. The number of pyridine rings is 1. The summed E-state index contributed by atoms with van der Waals surface area (Å²) in [6.45, 7) is 1.88. The number of likely N-dealkylation sites (tertiary alicyclic amines) is 1. The number of rotatable bonds is 5. The van der Waals surface area contributed by atoms with Gasteiger partial charge in [0.25, 0.3) is 5.56 Å². The first-order valence-electron chi connectivity index (χ1n) is 9.03. The van der Waals surface area contributed by atoms with Crippen LogP contribution in [0, 0.1) is 5.92 Å². The molecule has 25 heavy (non-hydrogen) atoms. The predicted molar refractivity (Wildman–Crippen MR) is 97.8 cm³/mol. The molecule has 1 aliphatic heterocycles. The van der Waals surface area contributed by atoms with Crippen LogP contribution in [0.5, 0.6) is 0 Å². The van der Waals surface area contributed by atoms with Crippen LogP contribution in [-0.2, 0) is 0 Å². The number of anilines is 1. The Kier molecular flexibility index (Phi) is 4.29. The van der Waals surface area contributed by atoms with Crippen molar-refractivity contribution < 1.29 is 0 Å². The number of hydrogen-bond donors (Lipinski definition) is 0. The minimum absolute atomic E-state index is 0.0387. The van der Waals surface area contributed by atoms with E-state index in [0.717, 1.165) is 32.4 Å². The molecule has 0 spiro atoms. The van der Waals surface area contributed by atoms with Gasteiger partial charge in [0.05, 0.1) is 0 Å². The van der Waals surface area contributed by atoms with E-state index in [9.17, 15) is 4.79 Å². The van der Waals surface area contributed by atoms with Crippen LogP contribution in [0.3, 0.4) is 0 Å². The maximum absolute atomic E-state index is 12.7. The highest BCUT2D eigenvalue weighted by Crippen LogP contribution is 2.36. The van der Waals surface area contributed by atoms with Crippen LogP contribution in [0.25, 0.3) is 0 Å². The largest absolute Gasteiger partial charge is 0.355 e. The third-order valence-electron chi connectivity index (χ3n) is 5.46. The average molecular weight is 339 g/mol. The summed E-state index contributed by atoms with van der Waals surface area (Å²) in [4.78, 5) is 25.8. The molecule has 1 saturated heterocycles. The van der Waals surface area contributed by atoms with Gasteiger partial charge in [-0.2, -0.15) is 0 Å². The summed E-state index contributed by atoms with van der Waals surface area (Å²) in [6.07, 6.45) is 10.7. The molecule has 0 amide bonds. The molecular weight excluding hydrogens is 314 g/mol. The summed E-state index contributed by atoms with van der Waals surface area (Å²) < 4.78 is 1.85. The Morgan fingerprint density at radius 1 is 1.28 bits per heavy atom. The molecule has 1 aliphatic carbocycles. The van der Waals surface area contributed by atoms with E-state index in [4.69, 9.17) is 0 Å². The van der Waals surface area contributed by atoms with Crippen molar-refractivity contribution in [1.82, 2.24) is 19.4 Å². The first kappa shape index (κ1) is 16.3. The molecular formula is C19H25N5O. The zero-order valence-corrected chi connectivity index (χ0v) is 14.9. The molecule has 132 valence electrons. The van der Waals surface area contributed by atoms with Crippen LogP contribution < -0.4 is 10.5 Å². The lowest BCUT2D eigenvalue weighted by Gasteiger charge is -2.29. The lowest BCUT2D eigenvalue weighted by Crippen LogP contribution is -2.35. The van der Waals surface area contributed by atoms with Crippen LogP contribution in [0.15, 0.2) is 41.7 Å². The molecule has 3 heterocycles. The van der Waals surface area contributed by atoms with Gasteiger partial charge in [0.1, 0.15) is 0 Å². The number of nitrogens with zero attached hydrogens (tertiary/aromatic N) is 5. The normalized spacial score (nSPS) is 23.8. The fourth-order valence-electron chi connectivity index (χ4n) is 4.05. The van der Waals surface area contributed by atoms with Crippen LogP contribution in [-0.4, -0.2) is 46.6 Å². The molecule has 6 nitrogen and oxygen atoms in total. The van der Waals surface area contributed by atoms with Crippen molar-refractivity contribution in [3.8, 4) is 0 Å². The molecule has 2 aromatic heterocycles. The van der Waals surface area contributed by atoms with Gasteiger partial charge in [-0.1, -0.05) is 6.07 Å². The van der Waals surface area contributed by atoms with Crippen LogP contribution in [0.4, 0.5) is 5.82 Å². The maximum atomic E-state index is 12.7. The Balaban J connectivity index is 1.55. The van der Waals surface area contributed by atoms with Crippen molar-refractivity contribution in [3.05, 3.63) is 52.8 Å². The molecule has 2 atom stereocenters. The summed E-state index contributed by atoms with van der Waals surface area (Å²) in [6, 6.07) is 4.86. The Labute approximate surface area is 148 Å². The maximum Gasteiger partial charge on any atom is 0.293 e. The van der Waals surface area contributed by atoms with Crippen molar-refractivity contribution in [2.45, 2.75) is 31.3 Å². The molecule has 0 radical (unpaired) electrons. The Bertz CT molecular complexity index is 786. The van der Waals surface area contributed by atoms with Gasteiger partial charge in [0.15, 0.2) is 5.82 Å². The quantitative estimate of drug-likeness (QED) is 0.835. The topological polar surface area (TPSA) is 54.3 Å². The van der Waals surface area contributed by atoms with Crippen LogP contribution >= 0.6 is 0 Å². The van der Waals surface area contributed by atoms with Gasteiger partial charge in [-0.25, -0.2) is 4.98 Å². The van der Waals surface area contributed by atoms with Gasteiger partial charge in [-0.15, -0.1) is 0 Å². The Morgan fingerprint density at radius 3 is 2.84 bits per heavy atom. The molecule has 6 heteroatoms. The van der Waals surface area contributed by atoms with Gasteiger partial charge in [-0.3, -0.25) is 14.7 Å². The van der Waals surface area contributed by atoms with Crippen LogP contribution in [0.1, 0.15) is 36.9 Å². The van der Waals surface area contributed by atoms with Gasteiger partial charge in [-0.05, 0) is 50.4 Å². The molecule has 2 aliphatic rings. The van der Waals surface area contributed by atoms with E-state index in [0.29, 0.717) is 23.8 Å². The Hall–Kier alpha value is -2.21. The van der Waals surface area contributed by atoms with Gasteiger partial charge < -0.3 is 9.47 Å². The van der Waals surface area contributed by atoms with E-state index in [1.165, 1.54) is 5.56 Å². The highest BCUT2D eigenvalue weighted by atomic mass is 16.1. The summed E-state index contributed by atoms with van der Waals surface area (Å²) >= 11 is 0. The van der Waals surface area contributed by atoms with Crippen molar-refractivity contribution >= 4 is 5.82 Å². The fraction of sp³-hybridized carbons (Fsp3) is 0.526. The smallest absolute Gasteiger partial charge is 0.293 e. The zero-order chi connectivity index (χ0) is 17.4. The standard InChI is InChI=1S/C19H25N5O/c1-22-10-7-15(17(22)14-4-3-8-20-12-14)13-23(2)18-19(25)24(11-9-21-18)16-5-6-16/h3-4,8-9,11-12,15-17H,5-7,10,13H2,1-2H3/t15-,17-/m0/s1. The third-order valence-corrected chi connectivity index (χ3v) is 5.46. The fourth-order valence-corrected chi connectivity index (χ4v) is 4.05. The highest BCUT2D eigenvalue weighted by Gasteiger charge is 2.34. The molecule has 0 bridgehead atoms. The van der Waals surface area contributed by atoms with Crippen molar-refractivity contribution in [2.75, 3.05) is 32.1 Å². The van der Waals surface area contributed by atoms with Crippen molar-refractivity contribution in [2.24, 2.45) is 5.92 Å². The summed E-state index contributed by atoms with van der Waals surface area (Å²) in [5, 5.41) is 0. The molecule has 4 rings (SSSR count). The predicted octanol–water partition coefficient (Wildman–Crippen LogP) is 2.10. The molecule has 2 aromatic rings. The highest BCUT2D eigenvalue weighted by molar-refractivity contribution is 5.35. The van der Waals surface area contributed by atoms with Gasteiger partial charge in [0.2, 0.25) is 0 Å².